The maximum absolute atomic E-state index is 12.0. The van der Waals surface area contributed by atoms with Crippen molar-refractivity contribution in [3.8, 4) is 0 Å². The summed E-state index contributed by atoms with van der Waals surface area (Å²) in [6.45, 7) is 3.35. The van der Waals surface area contributed by atoms with Crippen LogP contribution in [-0.4, -0.2) is 33.9 Å². The van der Waals surface area contributed by atoms with Gasteiger partial charge in [-0.25, -0.2) is 9.97 Å². The van der Waals surface area contributed by atoms with Crippen molar-refractivity contribution in [2.24, 2.45) is 0 Å². The number of hydrogen-bond donors (Lipinski definition) is 1. The molecule has 0 saturated carbocycles. The molecule has 0 atom stereocenters. The van der Waals surface area contributed by atoms with Crippen LogP contribution in [0.25, 0.3) is 0 Å². The standard InChI is InChI=1S/C10H12N4O2/c1-10(2)9(16)14(5-8(15)13-10)7-3-11-6-12-4-7/h3-4,6H,5H2,1-2H3,(H,13,15). The first kappa shape index (κ1) is 10.5. The second-order valence-corrected chi connectivity index (χ2v) is 4.16. The van der Waals surface area contributed by atoms with Gasteiger partial charge in [0.1, 0.15) is 18.4 Å². The second-order valence-electron chi connectivity index (χ2n) is 4.16. The van der Waals surface area contributed by atoms with Gasteiger partial charge in [0, 0.05) is 0 Å². The van der Waals surface area contributed by atoms with Gasteiger partial charge in [0.25, 0.3) is 5.91 Å². The molecule has 1 aliphatic rings. The summed E-state index contributed by atoms with van der Waals surface area (Å²) in [7, 11) is 0. The molecule has 2 rings (SSSR count). The Morgan fingerprint density at radius 2 is 1.94 bits per heavy atom. The molecule has 6 nitrogen and oxygen atoms in total. The van der Waals surface area contributed by atoms with Crippen molar-refractivity contribution in [1.82, 2.24) is 15.3 Å². The number of amides is 2. The van der Waals surface area contributed by atoms with E-state index in [1.807, 2.05) is 0 Å². The second kappa shape index (κ2) is 3.55. The molecule has 1 aliphatic heterocycles. The molecule has 16 heavy (non-hydrogen) atoms. The van der Waals surface area contributed by atoms with Crippen LogP contribution in [0.2, 0.25) is 0 Å². The highest BCUT2D eigenvalue weighted by atomic mass is 16.2. The van der Waals surface area contributed by atoms with Gasteiger partial charge in [0.15, 0.2) is 0 Å². The first-order valence-electron chi connectivity index (χ1n) is 4.89. The van der Waals surface area contributed by atoms with Crippen LogP contribution in [0.3, 0.4) is 0 Å². The molecule has 6 heteroatoms. The summed E-state index contributed by atoms with van der Waals surface area (Å²) in [5, 5.41) is 2.63. The van der Waals surface area contributed by atoms with Gasteiger partial charge in [-0.15, -0.1) is 0 Å². The lowest BCUT2D eigenvalue weighted by atomic mass is 10.0. The number of carbonyl (C=O) groups excluding carboxylic acids is 2. The minimum atomic E-state index is -0.884. The highest BCUT2D eigenvalue weighted by Crippen LogP contribution is 2.19. The van der Waals surface area contributed by atoms with Crippen molar-refractivity contribution in [3.63, 3.8) is 0 Å². The van der Waals surface area contributed by atoms with Gasteiger partial charge in [-0.05, 0) is 13.8 Å². The van der Waals surface area contributed by atoms with Crippen molar-refractivity contribution in [3.05, 3.63) is 18.7 Å². The monoisotopic (exact) mass is 220 g/mol. The Bertz CT molecular complexity index is 430. The van der Waals surface area contributed by atoms with Crippen LogP contribution in [0.1, 0.15) is 13.8 Å². The molecule has 2 heterocycles. The van der Waals surface area contributed by atoms with E-state index in [0.29, 0.717) is 5.69 Å². The van der Waals surface area contributed by atoms with Gasteiger partial charge in [-0.2, -0.15) is 0 Å². The first-order chi connectivity index (χ1) is 7.50. The number of carbonyl (C=O) groups is 2. The van der Waals surface area contributed by atoms with E-state index in [0.717, 1.165) is 0 Å². The summed E-state index contributed by atoms with van der Waals surface area (Å²) in [5.41, 5.74) is -0.346. The minimum absolute atomic E-state index is 0.00956. The topological polar surface area (TPSA) is 75.2 Å². The third kappa shape index (κ3) is 1.73. The van der Waals surface area contributed by atoms with Crippen molar-refractivity contribution in [1.29, 1.82) is 0 Å². The Morgan fingerprint density at radius 3 is 2.56 bits per heavy atom. The molecule has 1 aromatic heterocycles. The van der Waals surface area contributed by atoms with Crippen LogP contribution in [-0.2, 0) is 9.59 Å². The normalized spacial score (nSPS) is 19.5. The molecular formula is C10H12N4O2. The van der Waals surface area contributed by atoms with Gasteiger partial charge in [0.2, 0.25) is 5.91 Å². The van der Waals surface area contributed by atoms with Crippen LogP contribution in [0.15, 0.2) is 18.7 Å². The van der Waals surface area contributed by atoms with Crippen LogP contribution in [0.5, 0.6) is 0 Å². The van der Waals surface area contributed by atoms with Crippen molar-refractivity contribution in [2.75, 3.05) is 11.4 Å². The van der Waals surface area contributed by atoms with E-state index in [1.54, 1.807) is 13.8 Å². The molecule has 0 aliphatic carbocycles. The van der Waals surface area contributed by atoms with Crippen LogP contribution < -0.4 is 10.2 Å². The molecule has 1 fully saturated rings. The van der Waals surface area contributed by atoms with Crippen molar-refractivity contribution < 1.29 is 9.59 Å². The summed E-state index contributed by atoms with van der Waals surface area (Å²) in [6, 6.07) is 0. The third-order valence-corrected chi connectivity index (χ3v) is 2.39. The van der Waals surface area contributed by atoms with Gasteiger partial charge >= 0.3 is 0 Å². The van der Waals surface area contributed by atoms with Crippen LogP contribution in [0.4, 0.5) is 5.69 Å². The zero-order valence-electron chi connectivity index (χ0n) is 9.10. The highest BCUT2D eigenvalue weighted by Gasteiger charge is 2.39. The number of piperazine rings is 1. The summed E-state index contributed by atoms with van der Waals surface area (Å²) >= 11 is 0. The molecular weight excluding hydrogens is 208 g/mol. The van der Waals surface area contributed by atoms with Crippen LogP contribution >= 0.6 is 0 Å². The fraction of sp³-hybridized carbons (Fsp3) is 0.400. The zero-order chi connectivity index (χ0) is 11.8. The summed E-state index contributed by atoms with van der Waals surface area (Å²) in [6.07, 6.45) is 4.41. The average molecular weight is 220 g/mol. The zero-order valence-corrected chi connectivity index (χ0v) is 9.10. The lowest BCUT2D eigenvalue weighted by molar-refractivity contribution is -0.134. The van der Waals surface area contributed by atoms with E-state index in [4.69, 9.17) is 0 Å². The molecule has 1 saturated heterocycles. The Balaban J connectivity index is 2.35. The number of aromatic nitrogens is 2. The van der Waals surface area contributed by atoms with E-state index in [-0.39, 0.29) is 18.4 Å². The molecule has 0 aromatic carbocycles. The quantitative estimate of drug-likeness (QED) is 0.706. The molecule has 84 valence electrons. The Morgan fingerprint density at radius 1 is 1.31 bits per heavy atom. The van der Waals surface area contributed by atoms with Gasteiger partial charge in [-0.1, -0.05) is 0 Å². The predicted octanol–water partition coefficient (Wildman–Crippen LogP) is -0.282. The van der Waals surface area contributed by atoms with E-state index >= 15 is 0 Å². The van der Waals surface area contributed by atoms with Crippen molar-refractivity contribution >= 4 is 17.5 Å². The maximum atomic E-state index is 12.0. The van der Waals surface area contributed by atoms with Gasteiger partial charge in [0.05, 0.1) is 18.1 Å². The molecule has 0 radical (unpaired) electrons. The molecule has 1 aromatic rings. The number of rotatable bonds is 1. The molecule has 0 spiro atoms. The molecule has 2 amide bonds. The number of hydrogen-bond acceptors (Lipinski definition) is 4. The maximum Gasteiger partial charge on any atom is 0.252 e. The van der Waals surface area contributed by atoms with E-state index < -0.39 is 5.54 Å². The van der Waals surface area contributed by atoms with E-state index in [1.165, 1.54) is 23.6 Å². The summed E-state index contributed by atoms with van der Waals surface area (Å²) < 4.78 is 0. The van der Waals surface area contributed by atoms with Gasteiger partial charge < -0.3 is 5.32 Å². The molecule has 0 bridgehead atoms. The number of anilines is 1. The lowest BCUT2D eigenvalue weighted by Crippen LogP contribution is -2.64. The van der Waals surface area contributed by atoms with E-state index in [9.17, 15) is 9.59 Å². The van der Waals surface area contributed by atoms with Gasteiger partial charge in [-0.3, -0.25) is 14.5 Å². The summed E-state index contributed by atoms with van der Waals surface area (Å²) in [4.78, 5) is 32.6. The average Bonchev–Trinajstić information content (AvgIpc) is 2.24. The molecule has 0 unspecified atom stereocenters. The van der Waals surface area contributed by atoms with Crippen molar-refractivity contribution in [2.45, 2.75) is 19.4 Å². The third-order valence-electron chi connectivity index (χ3n) is 2.39. The number of nitrogens with one attached hydrogen (secondary N) is 1. The smallest absolute Gasteiger partial charge is 0.252 e. The van der Waals surface area contributed by atoms with Crippen LogP contribution in [0, 0.1) is 0 Å². The highest BCUT2D eigenvalue weighted by molar-refractivity contribution is 6.08. The fourth-order valence-corrected chi connectivity index (χ4v) is 1.63. The summed E-state index contributed by atoms with van der Waals surface area (Å²) in [5.74, 6) is -0.352. The minimum Gasteiger partial charge on any atom is -0.341 e. The largest absolute Gasteiger partial charge is 0.341 e. The first-order valence-corrected chi connectivity index (χ1v) is 4.89. The Kier molecular flexibility index (Phi) is 2.34. The SMILES string of the molecule is CC1(C)NC(=O)CN(c2cncnc2)C1=O. The predicted molar refractivity (Wildman–Crippen MR) is 56.6 cm³/mol. The van der Waals surface area contributed by atoms with E-state index in [2.05, 4.69) is 15.3 Å². The molecule has 1 N–H and O–H groups in total. The number of nitrogens with zero attached hydrogens (tertiary/aromatic N) is 3. The fourth-order valence-electron chi connectivity index (χ4n) is 1.63. The lowest BCUT2D eigenvalue weighted by Gasteiger charge is -2.36. The Labute approximate surface area is 92.7 Å². The Hall–Kier alpha value is -1.98.